The van der Waals surface area contributed by atoms with E-state index >= 15 is 0 Å². The lowest BCUT2D eigenvalue weighted by Crippen LogP contribution is -2.23. The van der Waals surface area contributed by atoms with Gasteiger partial charge in [0.2, 0.25) is 6.43 Å². The van der Waals surface area contributed by atoms with Crippen molar-refractivity contribution in [2.45, 2.75) is 38.7 Å². The monoisotopic (exact) mass is 446 g/mol. The van der Waals surface area contributed by atoms with Crippen molar-refractivity contribution in [3.8, 4) is 0 Å². The van der Waals surface area contributed by atoms with Gasteiger partial charge in [-0.2, -0.15) is 5.10 Å². The number of anilines is 1. The number of nitrogens with two attached hydrogens (primary N) is 1. The number of carbonyl (C=O) groups is 1. The number of carbonyl (C=O) groups excluding carboxylic acids is 1. The van der Waals surface area contributed by atoms with Crippen LogP contribution in [0.5, 0.6) is 0 Å². The Bertz CT molecular complexity index is 1240. The predicted octanol–water partition coefficient (Wildman–Crippen LogP) is 3.99. The summed E-state index contributed by atoms with van der Waals surface area (Å²) < 4.78 is 30.4. The van der Waals surface area contributed by atoms with Crippen LogP contribution >= 0.6 is 11.6 Å². The molecule has 1 aromatic carbocycles. The van der Waals surface area contributed by atoms with Crippen LogP contribution in [0.4, 0.5) is 14.6 Å². The lowest BCUT2D eigenvalue weighted by Gasteiger charge is -2.20. The van der Waals surface area contributed by atoms with E-state index in [1.807, 2.05) is 20.8 Å². The van der Waals surface area contributed by atoms with Crippen molar-refractivity contribution in [1.82, 2.24) is 25.1 Å². The van der Waals surface area contributed by atoms with Gasteiger partial charge in [0.15, 0.2) is 5.65 Å². The number of benzene rings is 1. The van der Waals surface area contributed by atoms with Crippen molar-refractivity contribution in [2.24, 2.45) is 0 Å². The summed E-state index contributed by atoms with van der Waals surface area (Å²) in [5.41, 5.74) is 7.40. The van der Waals surface area contributed by atoms with Crippen LogP contribution in [-0.2, 0) is 5.54 Å². The zero-order valence-electron chi connectivity index (χ0n) is 17.4. The first-order chi connectivity index (χ1) is 14.6. The van der Waals surface area contributed by atoms with Gasteiger partial charge < -0.3 is 11.1 Å². The number of hydrogen-bond acceptors (Lipinski definition) is 5. The van der Waals surface area contributed by atoms with Gasteiger partial charge in [-0.3, -0.25) is 4.79 Å². The Kier molecular flexibility index (Phi) is 4.96. The van der Waals surface area contributed by atoms with E-state index in [2.05, 4.69) is 20.4 Å². The zero-order chi connectivity index (χ0) is 22.7. The molecule has 10 heteroatoms. The SMILES string of the molecule is CNC(=O)c1ccc2c(c1)C(C(F)F)C(c1nn(C(C)(C)C)c3ncnc(N)c13)=C2Cl. The van der Waals surface area contributed by atoms with Crippen LogP contribution < -0.4 is 11.1 Å². The van der Waals surface area contributed by atoms with E-state index in [1.54, 1.807) is 16.8 Å². The van der Waals surface area contributed by atoms with Gasteiger partial charge in [0.05, 0.1) is 21.9 Å². The van der Waals surface area contributed by atoms with Gasteiger partial charge in [0.1, 0.15) is 17.8 Å². The number of nitrogen functional groups attached to an aromatic ring is 1. The average molecular weight is 447 g/mol. The molecule has 7 nitrogen and oxygen atoms in total. The molecule has 162 valence electrons. The highest BCUT2D eigenvalue weighted by molar-refractivity contribution is 6.54. The maximum atomic E-state index is 14.4. The van der Waals surface area contributed by atoms with Gasteiger partial charge in [-0.1, -0.05) is 17.7 Å². The summed E-state index contributed by atoms with van der Waals surface area (Å²) in [6.07, 6.45) is -1.48. The topological polar surface area (TPSA) is 98.7 Å². The molecule has 2 heterocycles. The third-order valence-electron chi connectivity index (χ3n) is 5.30. The Morgan fingerprint density at radius 3 is 2.61 bits per heavy atom. The minimum Gasteiger partial charge on any atom is -0.383 e. The number of fused-ring (bicyclic) bond motifs is 2. The van der Waals surface area contributed by atoms with Crippen LogP contribution in [0.15, 0.2) is 24.5 Å². The fraction of sp³-hybridized carbons (Fsp3) is 0.333. The highest BCUT2D eigenvalue weighted by Gasteiger charge is 2.41. The molecule has 0 bridgehead atoms. The Labute approximate surface area is 182 Å². The first-order valence-corrected chi connectivity index (χ1v) is 9.98. The minimum absolute atomic E-state index is 0.127. The molecule has 0 spiro atoms. The fourth-order valence-corrected chi connectivity index (χ4v) is 4.27. The van der Waals surface area contributed by atoms with E-state index < -0.39 is 17.9 Å². The molecule has 0 saturated carbocycles. The first-order valence-electron chi connectivity index (χ1n) is 9.60. The van der Waals surface area contributed by atoms with Crippen LogP contribution in [0.1, 0.15) is 53.9 Å². The number of hydrogen-bond donors (Lipinski definition) is 2. The Morgan fingerprint density at radius 2 is 2.00 bits per heavy atom. The summed E-state index contributed by atoms with van der Waals surface area (Å²) in [7, 11) is 1.48. The number of nitrogens with zero attached hydrogens (tertiary/aromatic N) is 4. The molecule has 4 rings (SSSR count). The molecule has 0 radical (unpaired) electrons. The van der Waals surface area contributed by atoms with E-state index in [4.69, 9.17) is 17.3 Å². The van der Waals surface area contributed by atoms with Crippen LogP contribution in [0, 0.1) is 0 Å². The highest BCUT2D eigenvalue weighted by Crippen LogP contribution is 2.52. The second kappa shape index (κ2) is 7.26. The maximum Gasteiger partial charge on any atom is 0.251 e. The molecular formula is C21H21ClF2N6O. The van der Waals surface area contributed by atoms with E-state index in [9.17, 15) is 13.6 Å². The van der Waals surface area contributed by atoms with Crippen LogP contribution in [0.3, 0.4) is 0 Å². The summed E-state index contributed by atoms with van der Waals surface area (Å²) in [5.74, 6) is -1.62. The van der Waals surface area contributed by atoms with Crippen molar-refractivity contribution in [3.05, 3.63) is 46.9 Å². The van der Waals surface area contributed by atoms with E-state index in [-0.39, 0.29) is 39.2 Å². The number of allylic oxidation sites excluding steroid dienone is 1. The quantitative estimate of drug-likeness (QED) is 0.633. The molecule has 1 amide bonds. The van der Waals surface area contributed by atoms with Crippen molar-refractivity contribution in [2.75, 3.05) is 12.8 Å². The predicted molar refractivity (Wildman–Crippen MR) is 116 cm³/mol. The third kappa shape index (κ3) is 3.23. The van der Waals surface area contributed by atoms with E-state index in [0.717, 1.165) is 0 Å². The summed E-state index contributed by atoms with van der Waals surface area (Å²) in [6.45, 7) is 5.75. The number of amides is 1. The number of halogens is 3. The van der Waals surface area contributed by atoms with Gasteiger partial charge in [-0.15, -0.1) is 0 Å². The van der Waals surface area contributed by atoms with Gasteiger partial charge in [0, 0.05) is 18.2 Å². The Hall–Kier alpha value is -3.07. The first kappa shape index (κ1) is 21.2. The van der Waals surface area contributed by atoms with E-state index in [1.165, 1.54) is 19.4 Å². The lowest BCUT2D eigenvalue weighted by molar-refractivity contribution is 0.0962. The number of aromatic nitrogens is 4. The molecule has 3 aromatic rings. The van der Waals surface area contributed by atoms with Crippen LogP contribution in [-0.4, -0.2) is 39.1 Å². The van der Waals surface area contributed by atoms with E-state index in [0.29, 0.717) is 16.6 Å². The normalized spacial score (nSPS) is 16.3. The van der Waals surface area contributed by atoms with Gasteiger partial charge in [-0.25, -0.2) is 23.4 Å². The number of alkyl halides is 2. The van der Waals surface area contributed by atoms with Crippen LogP contribution in [0.25, 0.3) is 21.6 Å². The highest BCUT2D eigenvalue weighted by atomic mass is 35.5. The van der Waals surface area contributed by atoms with Gasteiger partial charge in [-0.05, 0) is 44.0 Å². The standard InChI is InChI=1S/C21H21ClF2N6O/c1-21(2,3)30-19-14(18(25)27-8-28-19)16(29-30)13-12(17(23)24)11-7-9(20(31)26-4)5-6-10(11)15(13)22/h5-8,12,17H,1-4H3,(H,26,31)(H2,25,27,28). The maximum absolute atomic E-state index is 14.4. The molecule has 2 aromatic heterocycles. The molecule has 0 aliphatic heterocycles. The minimum atomic E-state index is -2.79. The van der Waals surface area contributed by atoms with Crippen molar-refractivity contribution in [1.29, 1.82) is 0 Å². The van der Waals surface area contributed by atoms with Gasteiger partial charge in [0.25, 0.3) is 5.91 Å². The van der Waals surface area contributed by atoms with Crippen molar-refractivity contribution >= 4 is 45.0 Å². The van der Waals surface area contributed by atoms with Gasteiger partial charge >= 0.3 is 0 Å². The number of rotatable bonds is 3. The smallest absolute Gasteiger partial charge is 0.251 e. The molecule has 0 fully saturated rings. The molecule has 1 aliphatic carbocycles. The molecule has 3 N–H and O–H groups in total. The Morgan fingerprint density at radius 1 is 1.29 bits per heavy atom. The molecule has 0 saturated heterocycles. The number of nitrogens with one attached hydrogen (secondary N) is 1. The molecule has 1 atom stereocenters. The lowest BCUT2D eigenvalue weighted by atomic mass is 9.92. The molecular weight excluding hydrogens is 426 g/mol. The summed E-state index contributed by atoms with van der Waals surface area (Å²) in [5, 5.41) is 7.64. The molecule has 1 unspecified atom stereocenters. The Balaban J connectivity index is 2.01. The summed E-state index contributed by atoms with van der Waals surface area (Å²) in [6, 6.07) is 4.57. The summed E-state index contributed by atoms with van der Waals surface area (Å²) >= 11 is 6.64. The van der Waals surface area contributed by atoms with Crippen molar-refractivity contribution < 1.29 is 13.6 Å². The van der Waals surface area contributed by atoms with Crippen molar-refractivity contribution in [3.63, 3.8) is 0 Å². The zero-order valence-corrected chi connectivity index (χ0v) is 18.1. The fourth-order valence-electron chi connectivity index (χ4n) is 3.89. The third-order valence-corrected chi connectivity index (χ3v) is 5.70. The largest absolute Gasteiger partial charge is 0.383 e. The molecule has 1 aliphatic rings. The average Bonchev–Trinajstić information content (AvgIpc) is 3.23. The second-order valence-corrected chi connectivity index (χ2v) is 8.69. The van der Waals surface area contributed by atoms with Crippen LogP contribution in [0.2, 0.25) is 0 Å². The molecule has 31 heavy (non-hydrogen) atoms. The summed E-state index contributed by atoms with van der Waals surface area (Å²) in [4.78, 5) is 20.4. The second-order valence-electron chi connectivity index (χ2n) is 8.31.